The maximum atomic E-state index is 11.6. The Morgan fingerprint density at radius 3 is 2.29 bits per heavy atom. The summed E-state index contributed by atoms with van der Waals surface area (Å²) in [4.78, 5) is 11.6. The summed E-state index contributed by atoms with van der Waals surface area (Å²) in [5.41, 5.74) is 0. The Balaban J connectivity index is 4.01. The molecule has 2 unspecified atom stereocenters. The van der Waals surface area contributed by atoms with Crippen LogP contribution >= 0.6 is 0 Å². The average Bonchev–Trinajstić information content (AvgIpc) is 2.15. The summed E-state index contributed by atoms with van der Waals surface area (Å²) >= 11 is 0. The summed E-state index contributed by atoms with van der Waals surface area (Å²) in [7, 11) is 0. The molecule has 3 heteroatoms. The third-order valence-electron chi connectivity index (χ3n) is 2.73. The normalized spacial score (nSPS) is 15.3. The zero-order valence-electron chi connectivity index (χ0n) is 9.71. The summed E-state index contributed by atoms with van der Waals surface area (Å²) in [5.74, 6) is 0.504. The van der Waals surface area contributed by atoms with Gasteiger partial charge < -0.3 is 10.4 Å². The van der Waals surface area contributed by atoms with Gasteiger partial charge in [0.25, 0.3) is 0 Å². The molecule has 0 radical (unpaired) electrons. The van der Waals surface area contributed by atoms with Crippen molar-refractivity contribution in [2.75, 3.05) is 6.61 Å². The highest BCUT2D eigenvalue weighted by Gasteiger charge is 2.18. The quantitative estimate of drug-likeness (QED) is 0.685. The van der Waals surface area contributed by atoms with Gasteiger partial charge in [-0.1, -0.05) is 27.7 Å². The number of aliphatic hydroxyl groups is 1. The van der Waals surface area contributed by atoms with Crippen LogP contribution in [-0.4, -0.2) is 23.7 Å². The molecule has 14 heavy (non-hydrogen) atoms. The molecule has 0 rings (SSSR count). The molecule has 0 saturated carbocycles. The van der Waals surface area contributed by atoms with Crippen LogP contribution in [0.5, 0.6) is 0 Å². The van der Waals surface area contributed by atoms with Gasteiger partial charge >= 0.3 is 0 Å². The zero-order valence-corrected chi connectivity index (χ0v) is 9.71. The topological polar surface area (TPSA) is 49.3 Å². The number of carbonyl (C=O) groups is 1. The number of carbonyl (C=O) groups excluding carboxylic acids is 1. The Morgan fingerprint density at radius 2 is 1.93 bits per heavy atom. The van der Waals surface area contributed by atoms with Crippen molar-refractivity contribution in [2.24, 2.45) is 11.8 Å². The summed E-state index contributed by atoms with van der Waals surface area (Å²) in [5, 5.41) is 11.7. The smallest absolute Gasteiger partial charge is 0.223 e. The molecule has 2 N–H and O–H groups in total. The first-order valence-corrected chi connectivity index (χ1v) is 5.44. The lowest BCUT2D eigenvalue weighted by atomic mass is 9.96. The van der Waals surface area contributed by atoms with E-state index >= 15 is 0 Å². The van der Waals surface area contributed by atoms with Gasteiger partial charge in [0.05, 0.1) is 0 Å². The fourth-order valence-electron chi connectivity index (χ4n) is 1.17. The minimum absolute atomic E-state index is 0.0442. The molecule has 0 aliphatic carbocycles. The molecule has 0 saturated heterocycles. The Morgan fingerprint density at radius 1 is 1.36 bits per heavy atom. The van der Waals surface area contributed by atoms with Gasteiger partial charge in [-0.15, -0.1) is 0 Å². The summed E-state index contributed by atoms with van der Waals surface area (Å²) in [6, 6.07) is 0.119. The van der Waals surface area contributed by atoms with Crippen LogP contribution in [0.1, 0.15) is 40.5 Å². The number of hydrogen-bond acceptors (Lipinski definition) is 2. The summed E-state index contributed by atoms with van der Waals surface area (Å²) in [6.07, 6.45) is 1.52. The van der Waals surface area contributed by atoms with E-state index in [1.807, 2.05) is 27.7 Å². The molecule has 3 nitrogen and oxygen atoms in total. The van der Waals surface area contributed by atoms with Crippen LogP contribution in [-0.2, 0) is 4.79 Å². The molecular weight excluding hydrogens is 178 g/mol. The van der Waals surface area contributed by atoms with Gasteiger partial charge in [0.15, 0.2) is 0 Å². The van der Waals surface area contributed by atoms with Gasteiger partial charge in [-0.2, -0.15) is 0 Å². The van der Waals surface area contributed by atoms with Crippen molar-refractivity contribution in [3.8, 4) is 0 Å². The second kappa shape index (κ2) is 6.82. The molecule has 0 fully saturated rings. The Kier molecular flexibility index (Phi) is 6.54. The first-order valence-electron chi connectivity index (χ1n) is 5.44. The molecule has 0 heterocycles. The van der Waals surface area contributed by atoms with Crippen molar-refractivity contribution >= 4 is 5.91 Å². The predicted octanol–water partition coefficient (Wildman–Crippen LogP) is 1.56. The average molecular weight is 201 g/mol. The van der Waals surface area contributed by atoms with E-state index in [1.54, 1.807) is 0 Å². The molecule has 0 aromatic carbocycles. The maximum Gasteiger partial charge on any atom is 0.223 e. The van der Waals surface area contributed by atoms with Gasteiger partial charge in [-0.3, -0.25) is 4.79 Å². The second-order valence-electron chi connectivity index (χ2n) is 4.16. The third kappa shape index (κ3) is 4.61. The van der Waals surface area contributed by atoms with Crippen LogP contribution in [0.2, 0.25) is 0 Å². The first-order chi connectivity index (χ1) is 6.52. The number of nitrogens with one attached hydrogen (secondary N) is 1. The van der Waals surface area contributed by atoms with Crippen molar-refractivity contribution in [3.63, 3.8) is 0 Å². The highest BCUT2D eigenvalue weighted by atomic mass is 16.3. The highest BCUT2D eigenvalue weighted by molar-refractivity contribution is 5.78. The number of amides is 1. The van der Waals surface area contributed by atoms with Crippen molar-refractivity contribution in [1.29, 1.82) is 0 Å². The number of rotatable bonds is 6. The number of hydrogen-bond donors (Lipinski definition) is 2. The van der Waals surface area contributed by atoms with E-state index in [2.05, 4.69) is 5.32 Å². The predicted molar refractivity (Wildman–Crippen MR) is 57.9 cm³/mol. The fourth-order valence-corrected chi connectivity index (χ4v) is 1.17. The van der Waals surface area contributed by atoms with Crippen LogP contribution in [0, 0.1) is 11.8 Å². The van der Waals surface area contributed by atoms with Crippen molar-refractivity contribution in [3.05, 3.63) is 0 Å². The van der Waals surface area contributed by atoms with E-state index in [4.69, 9.17) is 5.11 Å². The van der Waals surface area contributed by atoms with Crippen LogP contribution in [0.4, 0.5) is 0 Å². The monoisotopic (exact) mass is 201 g/mol. The largest absolute Gasteiger partial charge is 0.396 e. The van der Waals surface area contributed by atoms with Crippen LogP contribution in [0.3, 0.4) is 0 Å². The SMILES string of the molecule is CCC(CCO)NC(=O)C(C)C(C)C. The molecular formula is C11H23NO2. The third-order valence-corrected chi connectivity index (χ3v) is 2.73. The molecule has 0 bridgehead atoms. The Bertz CT molecular complexity index is 169. The summed E-state index contributed by atoms with van der Waals surface area (Å²) < 4.78 is 0. The Labute approximate surface area is 86.9 Å². The lowest BCUT2D eigenvalue weighted by Crippen LogP contribution is -2.39. The molecule has 0 aliphatic heterocycles. The van der Waals surface area contributed by atoms with Crippen LogP contribution in [0.25, 0.3) is 0 Å². The van der Waals surface area contributed by atoms with Crippen molar-refractivity contribution in [1.82, 2.24) is 5.32 Å². The first kappa shape index (κ1) is 13.4. The highest BCUT2D eigenvalue weighted by Crippen LogP contribution is 2.10. The van der Waals surface area contributed by atoms with Crippen LogP contribution < -0.4 is 5.32 Å². The van der Waals surface area contributed by atoms with E-state index in [9.17, 15) is 4.79 Å². The molecule has 0 aromatic heterocycles. The van der Waals surface area contributed by atoms with E-state index in [-0.39, 0.29) is 24.5 Å². The maximum absolute atomic E-state index is 11.6. The Hall–Kier alpha value is -0.570. The lowest BCUT2D eigenvalue weighted by Gasteiger charge is -2.20. The van der Waals surface area contributed by atoms with Crippen molar-refractivity contribution < 1.29 is 9.90 Å². The fraction of sp³-hybridized carbons (Fsp3) is 0.909. The van der Waals surface area contributed by atoms with Gasteiger partial charge in [0.1, 0.15) is 0 Å². The van der Waals surface area contributed by atoms with Gasteiger partial charge in [-0.05, 0) is 18.8 Å². The number of aliphatic hydroxyl groups excluding tert-OH is 1. The minimum Gasteiger partial charge on any atom is -0.396 e. The molecule has 1 amide bonds. The second-order valence-corrected chi connectivity index (χ2v) is 4.16. The van der Waals surface area contributed by atoms with Gasteiger partial charge in [-0.25, -0.2) is 0 Å². The minimum atomic E-state index is 0.0442. The van der Waals surface area contributed by atoms with E-state index in [0.717, 1.165) is 6.42 Å². The molecule has 2 atom stereocenters. The molecule has 0 spiro atoms. The van der Waals surface area contributed by atoms with Gasteiger partial charge in [0, 0.05) is 18.6 Å². The molecule has 84 valence electrons. The van der Waals surface area contributed by atoms with E-state index in [1.165, 1.54) is 0 Å². The zero-order chi connectivity index (χ0) is 11.1. The van der Waals surface area contributed by atoms with E-state index in [0.29, 0.717) is 12.3 Å². The van der Waals surface area contributed by atoms with Crippen molar-refractivity contribution in [2.45, 2.75) is 46.6 Å². The van der Waals surface area contributed by atoms with Gasteiger partial charge in [0.2, 0.25) is 5.91 Å². The summed E-state index contributed by atoms with van der Waals surface area (Å²) in [6.45, 7) is 8.16. The van der Waals surface area contributed by atoms with E-state index < -0.39 is 0 Å². The van der Waals surface area contributed by atoms with Crippen LogP contribution in [0.15, 0.2) is 0 Å². The molecule has 0 aliphatic rings. The molecule has 0 aromatic rings. The lowest BCUT2D eigenvalue weighted by molar-refractivity contribution is -0.126. The standard InChI is InChI=1S/C11H23NO2/c1-5-10(6-7-13)12-11(14)9(4)8(2)3/h8-10,13H,5-7H2,1-4H3,(H,12,14).